The van der Waals surface area contributed by atoms with E-state index < -0.39 is 4.92 Å². The molecule has 7 heteroatoms. The minimum absolute atomic E-state index is 0.274. The number of anilines is 1. The third-order valence-electron chi connectivity index (χ3n) is 3.74. The Morgan fingerprint density at radius 1 is 1.20 bits per heavy atom. The van der Waals surface area contributed by atoms with Gasteiger partial charge in [-0.2, -0.15) is 0 Å². The van der Waals surface area contributed by atoms with Crippen molar-refractivity contribution in [3.63, 3.8) is 0 Å². The van der Waals surface area contributed by atoms with Gasteiger partial charge in [0.15, 0.2) is 0 Å². The number of furan rings is 1. The Bertz CT molecular complexity index is 891. The lowest BCUT2D eigenvalue weighted by molar-refractivity contribution is -0.402. The van der Waals surface area contributed by atoms with E-state index in [1.807, 2.05) is 24.9 Å². The van der Waals surface area contributed by atoms with Crippen LogP contribution >= 0.6 is 0 Å². The van der Waals surface area contributed by atoms with E-state index in [-0.39, 0.29) is 5.88 Å². The minimum Gasteiger partial charge on any atom is -0.401 e. The molecular formula is C18H18N4O3. The lowest BCUT2D eigenvalue weighted by Crippen LogP contribution is -2.08. The number of hydrogen-bond acceptors (Lipinski definition) is 5. The molecule has 0 spiro atoms. The number of hydrogen-bond donors (Lipinski definition) is 0. The van der Waals surface area contributed by atoms with Crippen LogP contribution in [0.1, 0.15) is 17.1 Å². The maximum Gasteiger partial charge on any atom is 0.433 e. The third-order valence-corrected chi connectivity index (χ3v) is 3.74. The zero-order valence-electron chi connectivity index (χ0n) is 14.0. The second-order valence-corrected chi connectivity index (χ2v) is 5.74. The molecule has 25 heavy (non-hydrogen) atoms. The smallest absolute Gasteiger partial charge is 0.401 e. The van der Waals surface area contributed by atoms with Gasteiger partial charge in [0.2, 0.25) is 0 Å². The maximum atomic E-state index is 10.6. The number of benzene rings is 1. The molecule has 7 nitrogen and oxygen atoms in total. The molecule has 0 aliphatic carbocycles. The molecule has 0 aliphatic rings. The molecule has 0 unspecified atom stereocenters. The summed E-state index contributed by atoms with van der Waals surface area (Å²) < 4.78 is 7.11. The molecule has 2 aromatic heterocycles. The van der Waals surface area contributed by atoms with Crippen LogP contribution in [0.4, 0.5) is 11.6 Å². The number of nitro groups is 1. The standard InChI is InChI=1S/C18H18N4O3/c1-20(2)15-5-3-14(4-6-15)13-21-12-11-19-17(21)9-7-16-8-10-18(25-16)22(23)24/h3-12H,13H2,1-2H3. The first kappa shape index (κ1) is 16.5. The van der Waals surface area contributed by atoms with Gasteiger partial charge in [0.25, 0.3) is 0 Å². The molecule has 0 atom stereocenters. The predicted octanol–water partition coefficient (Wildman–Crippen LogP) is 3.67. The molecule has 0 fully saturated rings. The zero-order chi connectivity index (χ0) is 17.8. The van der Waals surface area contributed by atoms with Crippen molar-refractivity contribution in [3.05, 3.63) is 76.1 Å². The van der Waals surface area contributed by atoms with E-state index in [1.54, 1.807) is 24.4 Å². The van der Waals surface area contributed by atoms with E-state index in [4.69, 9.17) is 4.42 Å². The lowest BCUT2D eigenvalue weighted by atomic mass is 10.2. The van der Waals surface area contributed by atoms with Gasteiger partial charge >= 0.3 is 5.88 Å². The van der Waals surface area contributed by atoms with Crippen molar-refractivity contribution in [1.82, 2.24) is 9.55 Å². The van der Waals surface area contributed by atoms with Crippen LogP contribution in [-0.2, 0) is 6.54 Å². The average molecular weight is 338 g/mol. The normalized spacial score (nSPS) is 11.1. The second-order valence-electron chi connectivity index (χ2n) is 5.74. The van der Waals surface area contributed by atoms with Gasteiger partial charge in [-0.05, 0) is 35.9 Å². The highest BCUT2D eigenvalue weighted by Gasteiger charge is 2.10. The quantitative estimate of drug-likeness (QED) is 0.506. The lowest BCUT2D eigenvalue weighted by Gasteiger charge is -2.13. The summed E-state index contributed by atoms with van der Waals surface area (Å²) in [5.41, 5.74) is 2.31. The fraction of sp³-hybridized carbons (Fsp3) is 0.167. The summed E-state index contributed by atoms with van der Waals surface area (Å²) in [5.74, 6) is 0.885. The molecule has 3 rings (SSSR count). The maximum absolute atomic E-state index is 10.6. The van der Waals surface area contributed by atoms with Crippen LogP contribution in [0.2, 0.25) is 0 Å². The van der Waals surface area contributed by atoms with Crippen molar-refractivity contribution >= 4 is 23.7 Å². The van der Waals surface area contributed by atoms with Gasteiger partial charge in [-0.15, -0.1) is 0 Å². The zero-order valence-corrected chi connectivity index (χ0v) is 14.0. The molecule has 3 aromatic rings. The Morgan fingerprint density at radius 2 is 1.96 bits per heavy atom. The van der Waals surface area contributed by atoms with Gasteiger partial charge in [-0.1, -0.05) is 12.1 Å². The second kappa shape index (κ2) is 7.04. The average Bonchev–Trinajstić information content (AvgIpc) is 3.22. The molecule has 2 heterocycles. The molecule has 0 radical (unpaired) electrons. The Balaban J connectivity index is 1.73. The molecule has 128 valence electrons. The van der Waals surface area contributed by atoms with Crippen molar-refractivity contribution in [2.24, 2.45) is 0 Å². The monoisotopic (exact) mass is 338 g/mol. The van der Waals surface area contributed by atoms with Crippen LogP contribution in [0.25, 0.3) is 12.2 Å². The summed E-state index contributed by atoms with van der Waals surface area (Å²) in [6, 6.07) is 11.2. The first-order chi connectivity index (χ1) is 12.0. The van der Waals surface area contributed by atoms with Crippen LogP contribution in [-0.4, -0.2) is 28.6 Å². The predicted molar refractivity (Wildman–Crippen MR) is 96.4 cm³/mol. The van der Waals surface area contributed by atoms with E-state index in [2.05, 4.69) is 34.1 Å². The fourth-order valence-electron chi connectivity index (χ4n) is 2.40. The van der Waals surface area contributed by atoms with E-state index in [1.165, 1.54) is 6.07 Å². The first-order valence-corrected chi connectivity index (χ1v) is 7.72. The molecule has 0 aliphatic heterocycles. The third kappa shape index (κ3) is 3.95. The van der Waals surface area contributed by atoms with Crippen LogP contribution < -0.4 is 4.90 Å². The SMILES string of the molecule is CN(C)c1ccc(Cn2ccnc2C=Cc2ccc([N+](=O)[O-])o2)cc1. The number of aromatic nitrogens is 2. The number of imidazole rings is 1. The van der Waals surface area contributed by atoms with Crippen molar-refractivity contribution in [1.29, 1.82) is 0 Å². The fourth-order valence-corrected chi connectivity index (χ4v) is 2.40. The Kier molecular flexibility index (Phi) is 4.65. The van der Waals surface area contributed by atoms with Gasteiger partial charge in [-0.25, -0.2) is 4.98 Å². The Hall–Kier alpha value is -3.35. The largest absolute Gasteiger partial charge is 0.433 e. The van der Waals surface area contributed by atoms with E-state index in [9.17, 15) is 10.1 Å². The molecule has 0 saturated carbocycles. The van der Waals surface area contributed by atoms with Gasteiger partial charge < -0.3 is 13.9 Å². The molecule has 0 saturated heterocycles. The minimum atomic E-state index is -0.560. The summed E-state index contributed by atoms with van der Waals surface area (Å²) in [6.45, 7) is 0.686. The Morgan fingerprint density at radius 3 is 2.60 bits per heavy atom. The molecule has 0 N–H and O–H groups in total. The van der Waals surface area contributed by atoms with Crippen LogP contribution in [0.5, 0.6) is 0 Å². The molecule has 1 aromatic carbocycles. The molecular weight excluding hydrogens is 320 g/mol. The van der Waals surface area contributed by atoms with Gasteiger partial charge in [0, 0.05) is 38.7 Å². The van der Waals surface area contributed by atoms with Gasteiger partial charge in [-0.3, -0.25) is 10.1 Å². The highest BCUT2D eigenvalue weighted by Crippen LogP contribution is 2.18. The Labute approximate surface area is 145 Å². The van der Waals surface area contributed by atoms with E-state index in [0.717, 1.165) is 17.1 Å². The van der Waals surface area contributed by atoms with E-state index in [0.29, 0.717) is 12.3 Å². The van der Waals surface area contributed by atoms with Crippen LogP contribution in [0.15, 0.2) is 53.2 Å². The van der Waals surface area contributed by atoms with Crippen molar-refractivity contribution < 1.29 is 9.34 Å². The molecule has 0 amide bonds. The highest BCUT2D eigenvalue weighted by molar-refractivity contribution is 5.64. The number of rotatable bonds is 6. The summed E-state index contributed by atoms with van der Waals surface area (Å²) >= 11 is 0. The van der Waals surface area contributed by atoms with E-state index >= 15 is 0 Å². The number of nitrogens with zero attached hydrogens (tertiary/aromatic N) is 4. The van der Waals surface area contributed by atoms with Gasteiger partial charge in [0.05, 0.1) is 6.07 Å². The topological polar surface area (TPSA) is 77.3 Å². The summed E-state index contributed by atoms with van der Waals surface area (Å²) in [5, 5.41) is 10.6. The first-order valence-electron chi connectivity index (χ1n) is 7.72. The van der Waals surface area contributed by atoms with Gasteiger partial charge in [0.1, 0.15) is 16.5 Å². The van der Waals surface area contributed by atoms with Crippen molar-refractivity contribution in [2.45, 2.75) is 6.54 Å². The highest BCUT2D eigenvalue weighted by atomic mass is 16.6. The van der Waals surface area contributed by atoms with Crippen molar-refractivity contribution in [3.8, 4) is 0 Å². The summed E-state index contributed by atoms with van der Waals surface area (Å²) in [6.07, 6.45) is 7.06. The molecule has 0 bridgehead atoms. The van der Waals surface area contributed by atoms with Crippen LogP contribution in [0, 0.1) is 10.1 Å². The summed E-state index contributed by atoms with van der Waals surface area (Å²) in [7, 11) is 4.01. The van der Waals surface area contributed by atoms with Crippen LogP contribution in [0.3, 0.4) is 0 Å². The summed E-state index contributed by atoms with van der Waals surface area (Å²) in [4.78, 5) is 16.4. The van der Waals surface area contributed by atoms with Crippen molar-refractivity contribution in [2.75, 3.05) is 19.0 Å².